The summed E-state index contributed by atoms with van der Waals surface area (Å²) in [6.45, 7) is 11.5. The third kappa shape index (κ3) is 11.7. The van der Waals surface area contributed by atoms with Crippen LogP contribution in [0.4, 0.5) is 47.3 Å². The Labute approximate surface area is 322 Å². The summed E-state index contributed by atoms with van der Waals surface area (Å²) in [4.78, 5) is 55.5. The van der Waals surface area contributed by atoms with E-state index in [9.17, 15) is 41.1 Å². The smallest absolute Gasteiger partial charge is 0.471 e. The van der Waals surface area contributed by atoms with Gasteiger partial charge in [-0.05, 0) is 73.8 Å². The second-order valence-electron chi connectivity index (χ2n) is 17.0. The highest BCUT2D eigenvalue weighted by atomic mass is 19.4. The lowest BCUT2D eigenvalue weighted by Crippen LogP contribution is -2.52. The van der Waals surface area contributed by atoms with Crippen LogP contribution < -0.4 is 14.5 Å². The van der Waals surface area contributed by atoms with Crippen LogP contribution in [0.3, 0.4) is 0 Å². The van der Waals surface area contributed by atoms with Crippen LogP contribution in [0.2, 0.25) is 0 Å². The van der Waals surface area contributed by atoms with Crippen LogP contribution in [0, 0.1) is 11.7 Å². The number of benzene rings is 2. The maximum absolute atomic E-state index is 17.2. The summed E-state index contributed by atoms with van der Waals surface area (Å²) in [5.74, 6) is -9.50. The largest absolute Gasteiger partial charge is 0.487 e. The zero-order chi connectivity index (χ0) is 42.2. The number of amides is 3. The first-order chi connectivity index (χ1) is 25.5. The Balaban J connectivity index is 1.90. The van der Waals surface area contributed by atoms with Crippen molar-refractivity contribution in [3.63, 3.8) is 0 Å². The molecule has 56 heavy (non-hydrogen) atoms. The molecule has 1 aliphatic carbocycles. The Morgan fingerprint density at radius 1 is 0.839 bits per heavy atom. The van der Waals surface area contributed by atoms with Gasteiger partial charge in [0.1, 0.15) is 41.4 Å². The van der Waals surface area contributed by atoms with Gasteiger partial charge in [-0.2, -0.15) is 13.2 Å². The number of hydrogen-bond acceptors (Lipinski definition) is 8. The lowest BCUT2D eigenvalue weighted by molar-refractivity contribution is -0.171. The first kappa shape index (κ1) is 44.0. The summed E-state index contributed by atoms with van der Waals surface area (Å²) < 4.78 is 110. The SMILES string of the molecule is CC(C)(C)OC(=O)CN(C(=O)C(F)(F)F)c1c(OCc2ccccc2)cc2c(c1F)C[C@H](CN(CC1CC(F)(F)C1)C(=O)OC(C)(C)C)N2C(=O)OC(C)(C)C. The number of carbonyl (C=O) groups excluding carboxylic acids is 4. The van der Waals surface area contributed by atoms with Crippen molar-refractivity contribution in [3.05, 3.63) is 53.3 Å². The highest BCUT2D eigenvalue weighted by Gasteiger charge is 2.50. The van der Waals surface area contributed by atoms with E-state index < -0.39 is 115 Å². The third-order valence-corrected chi connectivity index (χ3v) is 8.38. The molecule has 1 aliphatic heterocycles. The van der Waals surface area contributed by atoms with E-state index in [1.165, 1.54) is 20.8 Å². The number of carbonyl (C=O) groups is 4. The van der Waals surface area contributed by atoms with Gasteiger partial charge in [0.2, 0.25) is 5.92 Å². The Kier molecular flexibility index (Phi) is 12.6. The minimum atomic E-state index is -5.60. The summed E-state index contributed by atoms with van der Waals surface area (Å²) in [6, 6.07) is 8.13. The van der Waals surface area contributed by atoms with E-state index in [1.54, 1.807) is 71.9 Å². The maximum atomic E-state index is 17.2. The molecule has 1 heterocycles. The van der Waals surface area contributed by atoms with E-state index in [0.717, 1.165) is 15.9 Å². The summed E-state index contributed by atoms with van der Waals surface area (Å²) >= 11 is 0. The molecular weight excluding hydrogens is 752 g/mol. The molecule has 17 heteroatoms. The Morgan fingerprint density at radius 3 is 1.93 bits per heavy atom. The fraction of sp³-hybridized carbons (Fsp3) is 0.590. The van der Waals surface area contributed by atoms with Crippen molar-refractivity contribution in [2.24, 2.45) is 5.92 Å². The molecule has 1 saturated carbocycles. The number of esters is 1. The zero-order valence-corrected chi connectivity index (χ0v) is 32.9. The number of alkyl halides is 5. The normalized spacial score (nSPS) is 17.1. The van der Waals surface area contributed by atoms with Crippen molar-refractivity contribution in [1.82, 2.24) is 4.90 Å². The van der Waals surface area contributed by atoms with Gasteiger partial charge in [-0.3, -0.25) is 19.4 Å². The molecular formula is C39H49F6N3O8. The Morgan fingerprint density at radius 2 is 1.41 bits per heavy atom. The molecule has 2 aromatic rings. The monoisotopic (exact) mass is 801 g/mol. The minimum absolute atomic E-state index is 0.112. The molecule has 4 rings (SSSR count). The fourth-order valence-corrected chi connectivity index (χ4v) is 6.32. The van der Waals surface area contributed by atoms with Gasteiger partial charge in [-0.1, -0.05) is 30.3 Å². The summed E-state index contributed by atoms with van der Waals surface area (Å²) in [5.41, 5.74) is -4.45. The van der Waals surface area contributed by atoms with Crippen LogP contribution in [-0.2, 0) is 36.8 Å². The van der Waals surface area contributed by atoms with Gasteiger partial charge in [-0.15, -0.1) is 0 Å². The molecule has 0 aromatic heterocycles. The van der Waals surface area contributed by atoms with Gasteiger partial charge < -0.3 is 23.8 Å². The molecule has 310 valence electrons. The molecule has 0 unspecified atom stereocenters. The van der Waals surface area contributed by atoms with E-state index in [-0.39, 0.29) is 29.3 Å². The first-order valence-corrected chi connectivity index (χ1v) is 18.0. The fourth-order valence-electron chi connectivity index (χ4n) is 6.32. The van der Waals surface area contributed by atoms with E-state index in [2.05, 4.69) is 0 Å². The quantitative estimate of drug-likeness (QED) is 0.133. The van der Waals surface area contributed by atoms with Crippen LogP contribution in [0.25, 0.3) is 0 Å². The average molecular weight is 802 g/mol. The van der Waals surface area contributed by atoms with E-state index in [0.29, 0.717) is 5.56 Å². The van der Waals surface area contributed by atoms with Gasteiger partial charge in [0.05, 0.1) is 11.7 Å². The van der Waals surface area contributed by atoms with Gasteiger partial charge in [0, 0.05) is 44.0 Å². The van der Waals surface area contributed by atoms with Gasteiger partial charge in [-0.25, -0.2) is 22.8 Å². The molecule has 1 atom stereocenters. The van der Waals surface area contributed by atoms with Gasteiger partial charge in [0.25, 0.3) is 0 Å². The number of rotatable bonds is 10. The summed E-state index contributed by atoms with van der Waals surface area (Å²) in [5, 5.41) is 0. The van der Waals surface area contributed by atoms with Crippen LogP contribution in [0.15, 0.2) is 36.4 Å². The number of nitrogens with zero attached hydrogens (tertiary/aromatic N) is 3. The van der Waals surface area contributed by atoms with Crippen molar-refractivity contribution in [2.45, 2.75) is 123 Å². The van der Waals surface area contributed by atoms with E-state index in [4.69, 9.17) is 18.9 Å². The molecule has 0 N–H and O–H groups in total. The lowest BCUT2D eigenvalue weighted by atomic mass is 9.81. The van der Waals surface area contributed by atoms with E-state index in [1.807, 2.05) is 0 Å². The number of anilines is 2. The van der Waals surface area contributed by atoms with Crippen molar-refractivity contribution >= 4 is 35.4 Å². The second kappa shape index (κ2) is 16.0. The van der Waals surface area contributed by atoms with Crippen molar-refractivity contribution in [1.29, 1.82) is 0 Å². The van der Waals surface area contributed by atoms with Crippen molar-refractivity contribution in [3.8, 4) is 5.75 Å². The zero-order valence-electron chi connectivity index (χ0n) is 32.9. The number of halogens is 6. The number of ether oxygens (including phenoxy) is 4. The molecule has 0 saturated heterocycles. The number of hydrogen-bond donors (Lipinski definition) is 0. The van der Waals surface area contributed by atoms with E-state index >= 15 is 4.39 Å². The number of fused-ring (bicyclic) bond motifs is 1. The molecule has 0 bridgehead atoms. The van der Waals surface area contributed by atoms with Crippen molar-refractivity contribution in [2.75, 3.05) is 29.4 Å². The van der Waals surface area contributed by atoms with Gasteiger partial charge >= 0.3 is 30.2 Å². The van der Waals surface area contributed by atoms with Crippen LogP contribution in [-0.4, -0.2) is 83.5 Å². The molecule has 11 nitrogen and oxygen atoms in total. The topological polar surface area (TPSA) is 115 Å². The molecule has 1 fully saturated rings. The molecule has 0 spiro atoms. The summed E-state index contributed by atoms with van der Waals surface area (Å²) in [6.07, 6.45) is -8.99. The predicted octanol–water partition coefficient (Wildman–Crippen LogP) is 8.59. The van der Waals surface area contributed by atoms with Crippen LogP contribution >= 0.6 is 0 Å². The molecule has 2 aromatic carbocycles. The lowest BCUT2D eigenvalue weighted by Gasteiger charge is -2.40. The predicted molar refractivity (Wildman–Crippen MR) is 193 cm³/mol. The second-order valence-corrected chi connectivity index (χ2v) is 17.0. The Hall–Kier alpha value is -4.70. The standard InChI is InChI=1S/C39H49F6N3O8/c1-35(2,3)54-29(49)21-47(32(50)39(43,44)45)31-28(53-22-23-13-11-10-12-14-23)16-27-26(30(31)40)15-25(48(27)34(52)56-37(7,8)9)20-46(33(51)55-36(4,5)6)19-24-17-38(41,42)18-24/h10-14,16,24-25H,15,17-22H2,1-9H3/t25-/m1/s1. The highest BCUT2D eigenvalue weighted by Crippen LogP contribution is 2.47. The third-order valence-electron chi connectivity index (χ3n) is 8.38. The molecule has 3 amide bonds. The maximum Gasteiger partial charge on any atom is 0.471 e. The molecule has 0 radical (unpaired) electrons. The Bertz CT molecular complexity index is 1780. The van der Waals surface area contributed by atoms with Gasteiger partial charge in [0.15, 0.2) is 5.82 Å². The van der Waals surface area contributed by atoms with Crippen LogP contribution in [0.1, 0.15) is 86.3 Å². The molecule has 2 aliphatic rings. The van der Waals surface area contributed by atoms with Crippen LogP contribution in [0.5, 0.6) is 5.75 Å². The first-order valence-electron chi connectivity index (χ1n) is 18.0. The summed E-state index contributed by atoms with van der Waals surface area (Å²) in [7, 11) is 0. The average Bonchev–Trinajstić information content (AvgIpc) is 3.37. The van der Waals surface area contributed by atoms with Crippen molar-refractivity contribution < 1.29 is 64.5 Å². The minimum Gasteiger partial charge on any atom is -0.487 e. The highest BCUT2D eigenvalue weighted by molar-refractivity contribution is 6.03.